The zero-order valence-electron chi connectivity index (χ0n) is 21.4. The Kier molecular flexibility index (Phi) is 11.9. The van der Waals surface area contributed by atoms with Crippen LogP contribution in [0.2, 0.25) is 0 Å². The number of ether oxygens (including phenoxy) is 1. The largest absolute Gasteiger partial charge is 0.444 e. The molecule has 2 rings (SSSR count). The van der Waals surface area contributed by atoms with Crippen LogP contribution in [0.15, 0.2) is 30.3 Å². The first kappa shape index (κ1) is 29.0. The molecule has 0 saturated heterocycles. The summed E-state index contributed by atoms with van der Waals surface area (Å²) in [5, 5.41) is 15.7. The molecule has 9 heteroatoms. The van der Waals surface area contributed by atoms with Gasteiger partial charge < -0.3 is 25.4 Å². The molecule has 0 radical (unpaired) electrons. The Balaban J connectivity index is 2.34. The van der Waals surface area contributed by atoms with Gasteiger partial charge in [0.2, 0.25) is 11.8 Å². The third-order valence-corrected chi connectivity index (χ3v) is 6.49. The van der Waals surface area contributed by atoms with Gasteiger partial charge in [-0.2, -0.15) is 11.8 Å². The number of nitrogens with zero attached hydrogens (tertiary/aromatic N) is 1. The van der Waals surface area contributed by atoms with E-state index in [4.69, 9.17) is 4.74 Å². The summed E-state index contributed by atoms with van der Waals surface area (Å²) in [6.45, 7) is 4.91. The number of thioether (sulfide) groups is 1. The lowest BCUT2D eigenvalue weighted by molar-refractivity contribution is -0.143. The van der Waals surface area contributed by atoms with Gasteiger partial charge in [0, 0.05) is 12.6 Å². The second kappa shape index (κ2) is 14.3. The standard InChI is InChI=1S/C26H41N3O5S/c1-26(2,3)34-25(33)28-21(15-18-35-4)24(32)29(16-17-30)22(19-11-7-5-8-12-19)23(31)27-20-13-9-6-10-14-20/h5,7-8,11-12,20-22,30H,6,9-10,13-18H2,1-4H3,(H,27,31)(H,28,33). The van der Waals surface area contributed by atoms with E-state index < -0.39 is 29.7 Å². The molecule has 0 bridgehead atoms. The zero-order chi connectivity index (χ0) is 25.8. The number of carbonyl (C=O) groups is 3. The van der Waals surface area contributed by atoms with Crippen LogP contribution in [0.3, 0.4) is 0 Å². The normalized spacial score (nSPS) is 16.1. The molecule has 1 saturated carbocycles. The topological polar surface area (TPSA) is 108 Å². The summed E-state index contributed by atoms with van der Waals surface area (Å²) in [5.41, 5.74) is -0.0578. The average molecular weight is 508 g/mol. The smallest absolute Gasteiger partial charge is 0.408 e. The second-order valence-corrected chi connectivity index (χ2v) is 10.9. The lowest BCUT2D eigenvalue weighted by Crippen LogP contribution is -2.54. The van der Waals surface area contributed by atoms with Gasteiger partial charge in [0.25, 0.3) is 0 Å². The maximum Gasteiger partial charge on any atom is 0.408 e. The highest BCUT2D eigenvalue weighted by molar-refractivity contribution is 7.98. The van der Waals surface area contributed by atoms with Crippen molar-refractivity contribution >= 4 is 29.7 Å². The Bertz CT molecular complexity index is 809. The number of hydrogen-bond donors (Lipinski definition) is 3. The number of hydrogen-bond acceptors (Lipinski definition) is 6. The van der Waals surface area contributed by atoms with Gasteiger partial charge in [-0.25, -0.2) is 4.79 Å². The molecule has 0 spiro atoms. The van der Waals surface area contributed by atoms with Gasteiger partial charge in [0.15, 0.2) is 0 Å². The molecule has 0 heterocycles. The minimum absolute atomic E-state index is 0.0394. The van der Waals surface area contributed by atoms with Gasteiger partial charge in [-0.15, -0.1) is 0 Å². The van der Waals surface area contributed by atoms with E-state index in [-0.39, 0.29) is 25.1 Å². The third kappa shape index (κ3) is 9.72. The maximum absolute atomic E-state index is 13.8. The van der Waals surface area contributed by atoms with Gasteiger partial charge in [0.1, 0.15) is 17.7 Å². The molecule has 196 valence electrons. The van der Waals surface area contributed by atoms with Gasteiger partial charge in [0.05, 0.1) is 6.61 Å². The molecule has 1 aliphatic carbocycles. The molecular weight excluding hydrogens is 466 g/mol. The fourth-order valence-corrected chi connectivity index (χ4v) is 4.72. The van der Waals surface area contributed by atoms with Crippen molar-refractivity contribution in [1.82, 2.24) is 15.5 Å². The van der Waals surface area contributed by atoms with Gasteiger partial charge in [-0.1, -0.05) is 49.6 Å². The minimum atomic E-state index is -0.921. The summed E-state index contributed by atoms with van der Waals surface area (Å²) in [5.74, 6) is -0.0684. The quantitative estimate of drug-likeness (QED) is 0.422. The predicted molar refractivity (Wildman–Crippen MR) is 139 cm³/mol. The van der Waals surface area contributed by atoms with Crippen LogP contribution >= 0.6 is 11.8 Å². The summed E-state index contributed by atoms with van der Waals surface area (Å²) in [6, 6.07) is 7.36. The van der Waals surface area contributed by atoms with Crippen molar-refractivity contribution in [3.8, 4) is 0 Å². The number of benzene rings is 1. The van der Waals surface area contributed by atoms with E-state index in [0.717, 1.165) is 32.1 Å². The highest BCUT2D eigenvalue weighted by atomic mass is 32.2. The molecule has 0 aliphatic heterocycles. The minimum Gasteiger partial charge on any atom is -0.444 e. The van der Waals surface area contributed by atoms with Crippen molar-refractivity contribution in [1.29, 1.82) is 0 Å². The number of carbonyl (C=O) groups excluding carboxylic acids is 3. The Morgan fingerprint density at radius 3 is 2.37 bits per heavy atom. The molecule has 3 amide bonds. The number of aliphatic hydroxyl groups is 1. The number of aliphatic hydroxyl groups excluding tert-OH is 1. The zero-order valence-corrected chi connectivity index (χ0v) is 22.2. The second-order valence-electron chi connectivity index (χ2n) is 9.89. The first-order valence-electron chi connectivity index (χ1n) is 12.4. The summed E-state index contributed by atoms with van der Waals surface area (Å²) in [6.07, 6.45) is 6.72. The van der Waals surface area contributed by atoms with E-state index in [9.17, 15) is 19.5 Å². The van der Waals surface area contributed by atoms with Crippen LogP contribution in [-0.2, 0) is 14.3 Å². The Hall–Kier alpha value is -2.26. The van der Waals surface area contributed by atoms with Gasteiger partial charge >= 0.3 is 6.09 Å². The first-order chi connectivity index (χ1) is 16.7. The van der Waals surface area contributed by atoms with Crippen LogP contribution in [-0.4, -0.2) is 70.8 Å². The van der Waals surface area contributed by atoms with Crippen molar-refractivity contribution in [3.63, 3.8) is 0 Å². The van der Waals surface area contributed by atoms with Crippen molar-refractivity contribution in [2.45, 2.75) is 83.0 Å². The third-order valence-electron chi connectivity index (χ3n) is 5.85. The Labute approximate surface area is 213 Å². The molecule has 0 aromatic heterocycles. The SMILES string of the molecule is CSCCC(NC(=O)OC(C)(C)C)C(=O)N(CCO)C(C(=O)NC1CCCCC1)c1ccccc1. The summed E-state index contributed by atoms with van der Waals surface area (Å²) in [4.78, 5) is 41.3. The van der Waals surface area contributed by atoms with Crippen molar-refractivity contribution in [2.75, 3.05) is 25.2 Å². The summed E-state index contributed by atoms with van der Waals surface area (Å²) < 4.78 is 5.37. The Morgan fingerprint density at radius 2 is 1.80 bits per heavy atom. The molecule has 35 heavy (non-hydrogen) atoms. The molecule has 2 atom stereocenters. The van der Waals surface area contributed by atoms with Gasteiger partial charge in [-0.05, 0) is 57.6 Å². The maximum atomic E-state index is 13.8. The monoisotopic (exact) mass is 507 g/mol. The molecule has 1 aromatic rings. The van der Waals surface area contributed by atoms with E-state index in [1.165, 1.54) is 4.90 Å². The van der Waals surface area contributed by atoms with Crippen molar-refractivity contribution in [2.24, 2.45) is 0 Å². The van der Waals surface area contributed by atoms with Crippen molar-refractivity contribution in [3.05, 3.63) is 35.9 Å². The predicted octanol–water partition coefficient (Wildman–Crippen LogP) is 3.64. The van der Waals surface area contributed by atoms with Crippen LogP contribution in [0.25, 0.3) is 0 Å². The molecule has 1 aliphatic rings. The highest BCUT2D eigenvalue weighted by Gasteiger charge is 2.36. The van der Waals surface area contributed by atoms with Crippen LogP contribution in [0, 0.1) is 0 Å². The summed E-state index contributed by atoms with van der Waals surface area (Å²) >= 11 is 1.56. The lowest BCUT2D eigenvalue weighted by Gasteiger charge is -2.35. The fourth-order valence-electron chi connectivity index (χ4n) is 4.25. The fraction of sp³-hybridized carbons (Fsp3) is 0.654. The van der Waals surface area contributed by atoms with E-state index in [0.29, 0.717) is 17.7 Å². The number of rotatable bonds is 11. The molecule has 1 aromatic carbocycles. The van der Waals surface area contributed by atoms with Crippen LogP contribution in [0.5, 0.6) is 0 Å². The molecule has 1 fully saturated rings. The van der Waals surface area contributed by atoms with E-state index >= 15 is 0 Å². The van der Waals surface area contributed by atoms with E-state index in [1.54, 1.807) is 44.7 Å². The van der Waals surface area contributed by atoms with Crippen LogP contribution in [0.1, 0.15) is 70.9 Å². The first-order valence-corrected chi connectivity index (χ1v) is 13.8. The van der Waals surface area contributed by atoms with Crippen LogP contribution in [0.4, 0.5) is 4.79 Å². The van der Waals surface area contributed by atoms with Crippen molar-refractivity contribution < 1.29 is 24.2 Å². The van der Waals surface area contributed by atoms with Crippen LogP contribution < -0.4 is 10.6 Å². The molecule has 8 nitrogen and oxygen atoms in total. The molecule has 3 N–H and O–H groups in total. The van der Waals surface area contributed by atoms with Gasteiger partial charge in [-0.3, -0.25) is 9.59 Å². The highest BCUT2D eigenvalue weighted by Crippen LogP contribution is 2.25. The lowest BCUT2D eigenvalue weighted by atomic mass is 9.94. The molecular formula is C26H41N3O5S. The number of nitrogens with one attached hydrogen (secondary N) is 2. The van der Waals surface area contributed by atoms with E-state index in [2.05, 4.69) is 10.6 Å². The Morgan fingerprint density at radius 1 is 1.14 bits per heavy atom. The number of alkyl carbamates (subject to hydrolysis) is 1. The average Bonchev–Trinajstić information content (AvgIpc) is 2.81. The summed E-state index contributed by atoms with van der Waals surface area (Å²) in [7, 11) is 0. The number of amides is 3. The molecule has 2 unspecified atom stereocenters. The van der Waals surface area contributed by atoms with E-state index in [1.807, 2.05) is 24.5 Å².